The van der Waals surface area contributed by atoms with Crippen LogP contribution in [0.2, 0.25) is 0 Å². The summed E-state index contributed by atoms with van der Waals surface area (Å²) in [6.45, 7) is 4.86. The molecule has 1 fully saturated rings. The third kappa shape index (κ3) is 4.47. The van der Waals surface area contributed by atoms with Crippen LogP contribution in [0.3, 0.4) is 0 Å². The fraction of sp³-hybridized carbons (Fsp3) is 0.323. The summed E-state index contributed by atoms with van der Waals surface area (Å²) >= 11 is 0. The van der Waals surface area contributed by atoms with Crippen molar-refractivity contribution in [3.8, 4) is 11.6 Å². The Bertz CT molecular complexity index is 2000. The smallest absolute Gasteiger partial charge is 0.278 e. The highest BCUT2D eigenvalue weighted by atomic mass is 16.5. The number of fused-ring (bicyclic) bond motifs is 6. The molecule has 1 aromatic carbocycles. The molecule has 224 valence electrons. The minimum Gasteiger partial charge on any atom is -0.466 e. The van der Waals surface area contributed by atoms with Crippen LogP contribution >= 0.6 is 0 Å². The van der Waals surface area contributed by atoms with Gasteiger partial charge >= 0.3 is 0 Å². The van der Waals surface area contributed by atoms with Crippen LogP contribution in [0.25, 0.3) is 27.6 Å². The number of pyridine rings is 1. The molecule has 8 rings (SSSR count). The molecule has 0 radical (unpaired) electrons. The quantitative estimate of drug-likeness (QED) is 0.304. The molecule has 5 aromatic rings. The number of anilines is 4. The van der Waals surface area contributed by atoms with E-state index in [1.54, 1.807) is 26.7 Å². The molecule has 0 aliphatic carbocycles. The van der Waals surface area contributed by atoms with Crippen molar-refractivity contribution >= 4 is 50.9 Å². The van der Waals surface area contributed by atoms with Crippen molar-refractivity contribution in [2.24, 2.45) is 0 Å². The lowest BCUT2D eigenvalue weighted by molar-refractivity contribution is -0.121. The van der Waals surface area contributed by atoms with E-state index < -0.39 is 0 Å². The zero-order chi connectivity index (χ0) is 29.8. The van der Waals surface area contributed by atoms with Crippen LogP contribution in [0.1, 0.15) is 12.8 Å². The Kier molecular flexibility index (Phi) is 6.33. The van der Waals surface area contributed by atoms with Gasteiger partial charge in [0.25, 0.3) is 11.5 Å². The number of hydrogen-bond donors (Lipinski definition) is 2. The first-order chi connectivity index (χ1) is 21.5. The number of aromatic nitrogens is 6. The molecule has 13 heteroatoms. The number of nitrogens with one attached hydrogen (secondary N) is 2. The number of amides is 1. The zero-order valence-corrected chi connectivity index (χ0v) is 24.4. The Balaban J connectivity index is 1.20. The predicted molar refractivity (Wildman–Crippen MR) is 168 cm³/mol. The van der Waals surface area contributed by atoms with E-state index in [1.165, 1.54) is 5.69 Å². The Labute approximate surface area is 252 Å². The third-order valence-electron chi connectivity index (χ3n) is 8.62. The highest BCUT2D eigenvalue weighted by Crippen LogP contribution is 2.34. The molecule has 0 unspecified atom stereocenters. The number of carbonyl (C=O) groups is 1. The number of benzene rings is 1. The fourth-order valence-electron chi connectivity index (χ4n) is 6.23. The van der Waals surface area contributed by atoms with Crippen molar-refractivity contribution in [1.82, 2.24) is 34.2 Å². The normalized spacial score (nSPS) is 18.1. The topological polar surface area (TPSA) is 129 Å². The number of ether oxygens (including phenoxy) is 1. The summed E-state index contributed by atoms with van der Waals surface area (Å²) in [5.41, 5.74) is 4.50. The summed E-state index contributed by atoms with van der Waals surface area (Å²) in [4.78, 5) is 50.1. The molecule has 2 N–H and O–H groups in total. The summed E-state index contributed by atoms with van der Waals surface area (Å²) in [5, 5.41) is 4.87. The van der Waals surface area contributed by atoms with E-state index in [-0.39, 0.29) is 18.1 Å². The molecule has 3 aliphatic rings. The maximum atomic E-state index is 13.6. The third-order valence-corrected chi connectivity index (χ3v) is 8.62. The van der Waals surface area contributed by atoms with Gasteiger partial charge in [-0.3, -0.25) is 9.59 Å². The van der Waals surface area contributed by atoms with Crippen molar-refractivity contribution in [1.29, 1.82) is 0 Å². The second-order valence-electron chi connectivity index (χ2n) is 11.4. The first kappa shape index (κ1) is 26.5. The lowest BCUT2D eigenvalue weighted by Crippen LogP contribution is -2.44. The number of nitrogens with zero attached hydrogens (tertiary/aromatic N) is 8. The Morgan fingerprint density at radius 1 is 0.955 bits per heavy atom. The van der Waals surface area contributed by atoms with Gasteiger partial charge in [-0.05, 0) is 44.2 Å². The van der Waals surface area contributed by atoms with E-state index in [0.29, 0.717) is 47.3 Å². The highest BCUT2D eigenvalue weighted by molar-refractivity contribution is 5.98. The fourth-order valence-corrected chi connectivity index (χ4v) is 6.23. The van der Waals surface area contributed by atoms with Gasteiger partial charge in [0.2, 0.25) is 11.8 Å². The number of carbonyl (C=O) groups excluding carboxylic acids is 1. The summed E-state index contributed by atoms with van der Waals surface area (Å²) < 4.78 is 9.00. The van der Waals surface area contributed by atoms with Gasteiger partial charge in [0.15, 0.2) is 12.3 Å². The van der Waals surface area contributed by atoms with Crippen LogP contribution < -0.4 is 25.4 Å². The minimum absolute atomic E-state index is 0.0417. The molecule has 2 bridgehead atoms. The number of aromatic amines is 1. The van der Waals surface area contributed by atoms with Gasteiger partial charge in [0.1, 0.15) is 11.1 Å². The van der Waals surface area contributed by atoms with Gasteiger partial charge in [-0.2, -0.15) is 4.98 Å². The van der Waals surface area contributed by atoms with E-state index in [1.807, 2.05) is 30.4 Å². The van der Waals surface area contributed by atoms with E-state index in [2.05, 4.69) is 49.4 Å². The molecule has 7 heterocycles. The summed E-state index contributed by atoms with van der Waals surface area (Å²) in [7, 11) is 2.15. The summed E-state index contributed by atoms with van der Waals surface area (Å²) in [6, 6.07) is 7.98. The van der Waals surface area contributed by atoms with Crippen LogP contribution in [0.5, 0.6) is 5.88 Å². The number of allylic oxidation sites excluding steroid dienone is 2. The molecular weight excluding hydrogens is 560 g/mol. The number of likely N-dealkylation sites (N-methyl/N-ethyl adjacent to an activating group) is 1. The van der Waals surface area contributed by atoms with Crippen molar-refractivity contribution in [3.63, 3.8) is 0 Å². The molecule has 0 atom stereocenters. The van der Waals surface area contributed by atoms with Gasteiger partial charge in [0.05, 0.1) is 24.1 Å². The van der Waals surface area contributed by atoms with Gasteiger partial charge in [0, 0.05) is 61.7 Å². The van der Waals surface area contributed by atoms with Crippen LogP contribution in [-0.2, 0) is 11.3 Å². The number of hydrogen-bond acceptors (Lipinski definition) is 9. The van der Waals surface area contributed by atoms with E-state index in [9.17, 15) is 9.59 Å². The van der Waals surface area contributed by atoms with E-state index in [0.717, 1.165) is 55.6 Å². The number of H-pyrrole nitrogens is 1. The minimum atomic E-state index is -0.208. The first-order valence-corrected chi connectivity index (χ1v) is 14.9. The first-order valence-electron chi connectivity index (χ1n) is 14.9. The predicted octanol–water partition coefficient (Wildman–Crippen LogP) is 3.03. The molecule has 13 nitrogen and oxygen atoms in total. The Morgan fingerprint density at radius 3 is 2.73 bits per heavy atom. The molecule has 4 aromatic heterocycles. The molecule has 0 spiro atoms. The van der Waals surface area contributed by atoms with Crippen LogP contribution in [-0.4, -0.2) is 86.5 Å². The highest BCUT2D eigenvalue weighted by Gasteiger charge is 2.28. The molecule has 3 aliphatic heterocycles. The molecule has 1 saturated heterocycles. The van der Waals surface area contributed by atoms with Gasteiger partial charge in [-0.15, -0.1) is 0 Å². The Morgan fingerprint density at radius 2 is 1.84 bits per heavy atom. The Hall–Kier alpha value is -5.17. The summed E-state index contributed by atoms with van der Waals surface area (Å²) in [5.74, 6) is 0.651. The molecule has 1 amide bonds. The standard InChI is InChI=1S/C31H32N10O3/c1-37-10-12-38(13-11-37)26-18-32-24-7-6-20(14-22(24)26)35-31-34-17-23-28(36-31)41-21-15-25-29(33-16-21)44-19-27(42)39(25)8-4-2-3-5-9-40(41)30(23)43/h3,5-7,14-18,32H,2,4,8-13,19H2,1H3,(H,34,35,36)/b5-3-. The molecule has 0 saturated carbocycles. The number of rotatable bonds is 3. The largest absolute Gasteiger partial charge is 0.466 e. The monoisotopic (exact) mass is 592 g/mol. The second-order valence-corrected chi connectivity index (χ2v) is 11.4. The van der Waals surface area contributed by atoms with Crippen molar-refractivity contribution in [3.05, 3.63) is 65.4 Å². The lowest BCUT2D eigenvalue weighted by Gasteiger charge is -2.33. The average molecular weight is 593 g/mol. The molecular formula is C31H32N10O3. The lowest BCUT2D eigenvalue weighted by atomic mass is 10.2. The number of piperazine rings is 1. The zero-order valence-electron chi connectivity index (χ0n) is 24.4. The maximum absolute atomic E-state index is 13.6. The maximum Gasteiger partial charge on any atom is 0.278 e. The van der Waals surface area contributed by atoms with Crippen molar-refractivity contribution < 1.29 is 9.53 Å². The van der Waals surface area contributed by atoms with Crippen LogP contribution in [0.4, 0.5) is 23.0 Å². The van der Waals surface area contributed by atoms with Gasteiger partial charge < -0.3 is 29.7 Å². The van der Waals surface area contributed by atoms with Gasteiger partial charge in [-0.25, -0.2) is 19.3 Å². The molecule has 44 heavy (non-hydrogen) atoms. The van der Waals surface area contributed by atoms with Crippen molar-refractivity contribution in [2.75, 3.05) is 61.5 Å². The van der Waals surface area contributed by atoms with E-state index >= 15 is 0 Å². The SMILES string of the molecule is CN1CCN(c2c[nH]c3ccc(Nc4ncc5c(=O)n6n(c5n4)-c4cnc5c(c4)N(CCC/C=C\C6)C(=O)CO5)cc23)CC1. The second kappa shape index (κ2) is 10.5. The average Bonchev–Trinajstić information content (AvgIpc) is 3.57. The van der Waals surface area contributed by atoms with Crippen LogP contribution in [0, 0.1) is 0 Å². The van der Waals surface area contributed by atoms with Gasteiger partial charge in [-0.1, -0.05) is 12.2 Å². The van der Waals surface area contributed by atoms with E-state index in [4.69, 9.17) is 9.72 Å². The summed E-state index contributed by atoms with van der Waals surface area (Å²) in [6.07, 6.45) is 10.9. The van der Waals surface area contributed by atoms with Crippen molar-refractivity contribution in [2.45, 2.75) is 19.4 Å². The van der Waals surface area contributed by atoms with Crippen LogP contribution in [0.15, 0.2) is 59.8 Å².